The number of aliphatic hydroxyl groups excluding tert-OH is 2. The Morgan fingerprint density at radius 1 is 0.634 bits per heavy atom. The van der Waals surface area contributed by atoms with Crippen LogP contribution in [0.1, 0.15) is 129 Å². The van der Waals surface area contributed by atoms with E-state index in [1.807, 2.05) is 0 Å². The van der Waals surface area contributed by atoms with E-state index in [-0.39, 0.29) is 12.8 Å². The molecule has 3 N–H and O–H groups in total. The molecule has 0 saturated heterocycles. The first-order chi connectivity index (χ1) is 19.8. The summed E-state index contributed by atoms with van der Waals surface area (Å²) in [5.74, 6) is -1.08. The van der Waals surface area contributed by atoms with E-state index in [1.165, 1.54) is 64.2 Å². The molecule has 3 unspecified atom stereocenters. The highest BCUT2D eigenvalue weighted by Gasteiger charge is 2.27. The van der Waals surface area contributed by atoms with Crippen molar-refractivity contribution in [1.82, 2.24) is 0 Å². The summed E-state index contributed by atoms with van der Waals surface area (Å²) in [6.07, 6.45) is 21.0. The zero-order valence-corrected chi connectivity index (χ0v) is 26.4. The number of aliphatic hydroxyl groups is 2. The summed E-state index contributed by atoms with van der Waals surface area (Å²) in [6.45, 7) is 1.74. The van der Waals surface area contributed by atoms with Gasteiger partial charge in [-0.1, -0.05) is 90.2 Å². The van der Waals surface area contributed by atoms with Crippen molar-refractivity contribution in [3.63, 3.8) is 0 Å². The Hall–Kier alpha value is -1.29. The van der Waals surface area contributed by atoms with Crippen LogP contribution in [0.4, 0.5) is 0 Å². The summed E-state index contributed by atoms with van der Waals surface area (Å²) in [7, 11) is -4.59. The van der Waals surface area contributed by atoms with Gasteiger partial charge in [0.2, 0.25) is 0 Å². The van der Waals surface area contributed by atoms with Gasteiger partial charge in [0.25, 0.3) is 0 Å². The molecule has 0 heterocycles. The van der Waals surface area contributed by atoms with Gasteiger partial charge in [-0.15, -0.1) is 0 Å². The molecule has 0 aliphatic carbocycles. The van der Waals surface area contributed by atoms with E-state index in [0.29, 0.717) is 12.8 Å². The summed E-state index contributed by atoms with van der Waals surface area (Å²) >= 11 is 0. The van der Waals surface area contributed by atoms with Crippen LogP contribution in [0.5, 0.6) is 0 Å². The second kappa shape index (κ2) is 27.5. The van der Waals surface area contributed by atoms with Gasteiger partial charge in [-0.25, -0.2) is 4.57 Å². The lowest BCUT2D eigenvalue weighted by atomic mass is 10.1. The summed E-state index contributed by atoms with van der Waals surface area (Å²) in [4.78, 5) is 33.4. The van der Waals surface area contributed by atoms with Crippen LogP contribution in [-0.4, -0.2) is 65.7 Å². The minimum atomic E-state index is -4.59. The van der Waals surface area contributed by atoms with Crippen LogP contribution in [0, 0.1) is 0 Å². The van der Waals surface area contributed by atoms with Crippen LogP contribution in [0.25, 0.3) is 0 Å². The van der Waals surface area contributed by atoms with E-state index in [1.54, 1.807) is 6.92 Å². The lowest BCUT2D eigenvalue weighted by Crippen LogP contribution is -2.28. The molecule has 0 aromatic heterocycles. The molecule has 0 radical (unpaired) electrons. The highest BCUT2D eigenvalue weighted by atomic mass is 31.2. The quantitative estimate of drug-likeness (QED) is 0.0369. The van der Waals surface area contributed by atoms with Gasteiger partial charge in [-0.05, 0) is 38.5 Å². The van der Waals surface area contributed by atoms with Crippen molar-refractivity contribution in [3.05, 3.63) is 12.2 Å². The third-order valence-electron chi connectivity index (χ3n) is 6.45. The monoisotopic (exact) mass is 608 g/mol. The van der Waals surface area contributed by atoms with Crippen molar-refractivity contribution in [1.29, 1.82) is 0 Å². The van der Waals surface area contributed by atoms with Gasteiger partial charge >= 0.3 is 19.8 Å². The Labute approximate surface area is 247 Å². The number of rotatable bonds is 29. The number of carbonyl (C=O) groups is 2. The summed E-state index contributed by atoms with van der Waals surface area (Å²) in [6, 6.07) is 0. The molecular weight excluding hydrogens is 551 g/mol. The molecule has 0 aliphatic rings. The molecule has 0 fully saturated rings. The standard InChI is InChI=1S/C30H57O10P/c1-3-5-6-7-8-9-10-11-12-13-14-15-16-17-18-19-20-22-30(34)40-28(24-32)26-38-41(35,36)37-25-27(23-31)39-29(33)21-4-2/h11-12,27-28,31-32H,3-10,13-26H2,1-2H3,(H,35,36)/b12-11-. The van der Waals surface area contributed by atoms with Gasteiger partial charge in [0.05, 0.1) is 26.4 Å². The van der Waals surface area contributed by atoms with Gasteiger partial charge < -0.3 is 24.6 Å². The van der Waals surface area contributed by atoms with Crippen molar-refractivity contribution in [2.24, 2.45) is 0 Å². The predicted molar refractivity (Wildman–Crippen MR) is 159 cm³/mol. The predicted octanol–water partition coefficient (Wildman–Crippen LogP) is 6.55. The van der Waals surface area contributed by atoms with E-state index in [4.69, 9.17) is 18.5 Å². The fourth-order valence-corrected chi connectivity index (χ4v) is 4.81. The van der Waals surface area contributed by atoms with Crippen molar-refractivity contribution >= 4 is 19.8 Å². The molecule has 0 aliphatic heterocycles. The summed E-state index contributed by atoms with van der Waals surface area (Å²) in [5.41, 5.74) is 0. The smallest absolute Gasteiger partial charge is 0.457 e. The largest absolute Gasteiger partial charge is 0.472 e. The Bertz CT molecular complexity index is 715. The van der Waals surface area contributed by atoms with Gasteiger partial charge in [-0.3, -0.25) is 18.6 Å². The first kappa shape index (κ1) is 39.7. The van der Waals surface area contributed by atoms with E-state index in [2.05, 4.69) is 19.1 Å². The first-order valence-electron chi connectivity index (χ1n) is 15.6. The molecular formula is C30H57O10P. The van der Waals surface area contributed by atoms with Crippen LogP contribution >= 0.6 is 7.82 Å². The number of hydrogen-bond acceptors (Lipinski definition) is 9. The van der Waals surface area contributed by atoms with E-state index in [9.17, 15) is 29.3 Å². The first-order valence-corrected chi connectivity index (χ1v) is 17.1. The number of allylic oxidation sites excluding steroid dienone is 2. The molecule has 0 saturated carbocycles. The van der Waals surface area contributed by atoms with Gasteiger partial charge in [0, 0.05) is 12.8 Å². The van der Waals surface area contributed by atoms with E-state index < -0.39 is 58.4 Å². The minimum absolute atomic E-state index is 0.144. The second-order valence-electron chi connectivity index (χ2n) is 10.4. The number of carbonyl (C=O) groups excluding carboxylic acids is 2. The lowest BCUT2D eigenvalue weighted by Gasteiger charge is -2.20. The van der Waals surface area contributed by atoms with Crippen LogP contribution in [0.2, 0.25) is 0 Å². The fourth-order valence-electron chi connectivity index (χ4n) is 4.03. The third kappa shape index (κ3) is 26.1. The molecule has 0 rings (SSSR count). The average Bonchev–Trinajstić information content (AvgIpc) is 2.95. The molecule has 41 heavy (non-hydrogen) atoms. The molecule has 0 aromatic rings. The number of phosphoric acid groups is 1. The van der Waals surface area contributed by atoms with Crippen molar-refractivity contribution in [3.8, 4) is 0 Å². The Balaban J connectivity index is 3.86. The number of phosphoric ester groups is 1. The summed E-state index contributed by atoms with van der Waals surface area (Å²) < 4.78 is 31.7. The van der Waals surface area contributed by atoms with E-state index >= 15 is 0 Å². The molecule has 0 bridgehead atoms. The maximum Gasteiger partial charge on any atom is 0.472 e. The number of ether oxygens (including phenoxy) is 2. The highest BCUT2D eigenvalue weighted by molar-refractivity contribution is 7.47. The SMILES string of the molecule is CCCCCCCC/C=C\CCCCCCCCCC(=O)OC(CO)COP(=O)(O)OCC(CO)OC(=O)CCC. The molecule has 242 valence electrons. The molecule has 10 nitrogen and oxygen atoms in total. The molecule has 0 amide bonds. The van der Waals surface area contributed by atoms with Crippen LogP contribution < -0.4 is 0 Å². The third-order valence-corrected chi connectivity index (χ3v) is 7.40. The topological polar surface area (TPSA) is 149 Å². The van der Waals surface area contributed by atoms with Crippen molar-refractivity contribution < 1.29 is 47.8 Å². The molecule has 11 heteroatoms. The lowest BCUT2D eigenvalue weighted by molar-refractivity contribution is -0.153. The zero-order chi connectivity index (χ0) is 30.6. The number of unbranched alkanes of at least 4 members (excludes halogenated alkanes) is 13. The Morgan fingerprint density at radius 2 is 1.05 bits per heavy atom. The van der Waals surface area contributed by atoms with Gasteiger partial charge in [0.1, 0.15) is 12.2 Å². The van der Waals surface area contributed by atoms with Crippen molar-refractivity contribution in [2.75, 3.05) is 26.4 Å². The van der Waals surface area contributed by atoms with Gasteiger partial charge in [0.15, 0.2) is 0 Å². The molecule has 0 spiro atoms. The van der Waals surface area contributed by atoms with Crippen LogP contribution in [-0.2, 0) is 32.7 Å². The number of hydrogen-bond donors (Lipinski definition) is 3. The minimum Gasteiger partial charge on any atom is -0.457 e. The Morgan fingerprint density at radius 3 is 1.49 bits per heavy atom. The van der Waals surface area contributed by atoms with E-state index in [0.717, 1.165) is 25.7 Å². The highest BCUT2D eigenvalue weighted by Crippen LogP contribution is 2.43. The molecule has 0 aromatic carbocycles. The zero-order valence-electron chi connectivity index (χ0n) is 25.5. The second-order valence-corrected chi connectivity index (χ2v) is 11.9. The fraction of sp³-hybridized carbons (Fsp3) is 0.867. The number of esters is 2. The van der Waals surface area contributed by atoms with Crippen molar-refractivity contribution in [2.45, 2.75) is 142 Å². The molecule has 3 atom stereocenters. The van der Waals surface area contributed by atoms with Crippen LogP contribution in [0.15, 0.2) is 12.2 Å². The Kier molecular flexibility index (Phi) is 26.7. The summed E-state index contributed by atoms with van der Waals surface area (Å²) in [5, 5.41) is 18.7. The normalized spacial score (nSPS) is 14.6. The van der Waals surface area contributed by atoms with Gasteiger partial charge in [-0.2, -0.15) is 0 Å². The average molecular weight is 609 g/mol. The van der Waals surface area contributed by atoms with Crippen LogP contribution in [0.3, 0.4) is 0 Å². The maximum atomic E-state index is 12.1. The maximum absolute atomic E-state index is 12.1.